The van der Waals surface area contributed by atoms with Gasteiger partial charge < -0.3 is 0 Å². The molecule has 0 N–H and O–H groups in total. The van der Waals surface area contributed by atoms with Crippen LogP contribution in [0.1, 0.15) is 12.0 Å². The fourth-order valence-electron chi connectivity index (χ4n) is 1.94. The molecule has 0 saturated heterocycles. The minimum Gasteiger partial charge on any atom is -0.252 e. The fourth-order valence-corrected chi connectivity index (χ4v) is 2.53. The molecule has 0 amide bonds. The van der Waals surface area contributed by atoms with Crippen LogP contribution in [-0.4, -0.2) is 5.71 Å². The summed E-state index contributed by atoms with van der Waals surface area (Å²) in [5, 5.41) is 1.31. The number of hydrogen-bond acceptors (Lipinski definition) is 1. The van der Waals surface area contributed by atoms with Crippen molar-refractivity contribution in [3.63, 3.8) is 0 Å². The van der Waals surface area contributed by atoms with Gasteiger partial charge in [0.25, 0.3) is 0 Å². The Morgan fingerprint density at radius 1 is 1.20 bits per heavy atom. The summed E-state index contributed by atoms with van der Waals surface area (Å²) < 4.78 is 0. The van der Waals surface area contributed by atoms with E-state index in [1.54, 1.807) is 6.07 Å². The lowest BCUT2D eigenvalue weighted by molar-refractivity contribution is 1.44. The third-order valence-electron chi connectivity index (χ3n) is 2.58. The third kappa shape index (κ3) is 1.35. The molecule has 0 atom stereocenters. The van der Waals surface area contributed by atoms with Crippen molar-refractivity contribution in [3.05, 3.63) is 46.0 Å². The SMILES string of the molecule is Clc1cc(Cl)c2c(c1)N=C1CC=CC=C12. The molecule has 0 unspecified atom stereocenters. The number of hydrogen-bond donors (Lipinski definition) is 0. The van der Waals surface area contributed by atoms with Crippen LogP contribution in [0, 0.1) is 0 Å². The highest BCUT2D eigenvalue weighted by atomic mass is 35.5. The second kappa shape index (κ2) is 3.22. The Hall–Kier alpha value is -1.05. The Labute approximate surface area is 97.7 Å². The molecule has 74 valence electrons. The smallest absolute Gasteiger partial charge is 0.0742 e. The minimum atomic E-state index is 0.635. The van der Waals surface area contributed by atoms with E-state index in [4.69, 9.17) is 23.2 Å². The predicted octanol–water partition coefficient (Wildman–Crippen LogP) is 4.42. The number of allylic oxidation sites excluding steroid dienone is 4. The van der Waals surface area contributed by atoms with Gasteiger partial charge in [-0.2, -0.15) is 0 Å². The van der Waals surface area contributed by atoms with E-state index < -0.39 is 0 Å². The molecule has 1 aliphatic carbocycles. The van der Waals surface area contributed by atoms with Crippen molar-refractivity contribution >= 4 is 40.2 Å². The summed E-state index contributed by atoms with van der Waals surface area (Å²) >= 11 is 12.1. The number of benzene rings is 1. The average molecular weight is 236 g/mol. The van der Waals surface area contributed by atoms with E-state index in [0.29, 0.717) is 10.0 Å². The van der Waals surface area contributed by atoms with Gasteiger partial charge in [0.15, 0.2) is 0 Å². The summed E-state index contributed by atoms with van der Waals surface area (Å²) in [6.45, 7) is 0. The summed E-state index contributed by atoms with van der Waals surface area (Å²) in [5.41, 5.74) is 4.11. The van der Waals surface area contributed by atoms with Gasteiger partial charge in [-0.05, 0) is 12.1 Å². The molecule has 1 nitrogen and oxygen atoms in total. The van der Waals surface area contributed by atoms with Gasteiger partial charge in [0.1, 0.15) is 0 Å². The Morgan fingerprint density at radius 3 is 2.93 bits per heavy atom. The second-order valence-corrected chi connectivity index (χ2v) is 4.40. The maximum Gasteiger partial charge on any atom is 0.0742 e. The standard InChI is InChI=1S/C12H7Cl2N/c13-7-5-9(14)12-8-3-1-2-4-10(8)15-11(12)6-7/h1-3,5-6H,4H2. The Morgan fingerprint density at radius 2 is 2.07 bits per heavy atom. The maximum absolute atomic E-state index is 6.17. The van der Waals surface area contributed by atoms with E-state index in [9.17, 15) is 0 Å². The number of fused-ring (bicyclic) bond motifs is 3. The van der Waals surface area contributed by atoms with Crippen LogP contribution >= 0.6 is 23.2 Å². The van der Waals surface area contributed by atoms with Crippen molar-refractivity contribution in [1.82, 2.24) is 0 Å². The molecule has 2 aliphatic rings. The summed E-state index contributed by atoms with van der Waals surface area (Å²) in [5.74, 6) is 0. The van der Waals surface area contributed by atoms with E-state index in [1.165, 1.54) is 0 Å². The van der Waals surface area contributed by atoms with Gasteiger partial charge in [-0.15, -0.1) is 0 Å². The van der Waals surface area contributed by atoms with Crippen LogP contribution in [0.2, 0.25) is 10.0 Å². The van der Waals surface area contributed by atoms with Crippen LogP contribution in [0.4, 0.5) is 5.69 Å². The van der Waals surface area contributed by atoms with Crippen molar-refractivity contribution in [1.29, 1.82) is 0 Å². The van der Waals surface area contributed by atoms with E-state index >= 15 is 0 Å². The first kappa shape index (κ1) is 9.20. The van der Waals surface area contributed by atoms with Gasteiger partial charge >= 0.3 is 0 Å². The topological polar surface area (TPSA) is 12.4 Å². The van der Waals surface area contributed by atoms with Crippen LogP contribution in [-0.2, 0) is 0 Å². The molecule has 3 heteroatoms. The minimum absolute atomic E-state index is 0.635. The zero-order chi connectivity index (χ0) is 10.4. The highest BCUT2D eigenvalue weighted by molar-refractivity contribution is 6.40. The van der Waals surface area contributed by atoms with Crippen LogP contribution in [0.25, 0.3) is 5.57 Å². The molecule has 0 spiro atoms. The first-order valence-corrected chi connectivity index (χ1v) is 5.45. The van der Waals surface area contributed by atoms with Crippen LogP contribution in [0.3, 0.4) is 0 Å². The lowest BCUT2D eigenvalue weighted by Crippen LogP contribution is -1.98. The van der Waals surface area contributed by atoms with Crippen LogP contribution in [0.15, 0.2) is 35.4 Å². The zero-order valence-corrected chi connectivity index (χ0v) is 9.31. The van der Waals surface area contributed by atoms with Gasteiger partial charge in [-0.25, -0.2) is 0 Å². The highest BCUT2D eigenvalue weighted by Crippen LogP contribution is 2.43. The molecule has 15 heavy (non-hydrogen) atoms. The Kier molecular flexibility index (Phi) is 1.98. The summed E-state index contributed by atoms with van der Waals surface area (Å²) in [7, 11) is 0. The molecule has 0 fully saturated rings. The van der Waals surface area contributed by atoms with Crippen molar-refractivity contribution in [2.45, 2.75) is 6.42 Å². The first-order valence-electron chi connectivity index (χ1n) is 4.70. The van der Waals surface area contributed by atoms with Crippen molar-refractivity contribution in [2.75, 3.05) is 0 Å². The normalized spacial score (nSPS) is 16.9. The summed E-state index contributed by atoms with van der Waals surface area (Å²) in [6.07, 6.45) is 7.04. The molecule has 3 rings (SSSR count). The first-order chi connectivity index (χ1) is 7.25. The number of halogens is 2. The van der Waals surface area contributed by atoms with Gasteiger partial charge in [0.2, 0.25) is 0 Å². The molecule has 0 saturated carbocycles. The number of aliphatic imine (C=N–C) groups is 1. The summed E-state index contributed by atoms with van der Waals surface area (Å²) in [6, 6.07) is 3.62. The molecule has 1 aromatic carbocycles. The Balaban J connectivity index is 2.29. The monoisotopic (exact) mass is 235 g/mol. The maximum atomic E-state index is 6.17. The fraction of sp³-hybridized carbons (Fsp3) is 0.0833. The van der Waals surface area contributed by atoms with Crippen LogP contribution < -0.4 is 0 Å². The Bertz CT molecular complexity index is 539. The largest absolute Gasteiger partial charge is 0.252 e. The molecule has 0 bridgehead atoms. The van der Waals surface area contributed by atoms with Gasteiger partial charge in [0, 0.05) is 22.6 Å². The molecule has 1 heterocycles. The average Bonchev–Trinajstić information content (AvgIpc) is 2.54. The van der Waals surface area contributed by atoms with Crippen molar-refractivity contribution in [3.8, 4) is 0 Å². The molecular weight excluding hydrogens is 229 g/mol. The third-order valence-corrected chi connectivity index (χ3v) is 3.10. The van der Waals surface area contributed by atoms with Gasteiger partial charge in [0.05, 0.1) is 16.4 Å². The zero-order valence-electron chi connectivity index (χ0n) is 7.80. The van der Waals surface area contributed by atoms with E-state index in [1.807, 2.05) is 18.2 Å². The predicted molar refractivity (Wildman–Crippen MR) is 65.3 cm³/mol. The van der Waals surface area contributed by atoms with E-state index in [0.717, 1.165) is 29.0 Å². The highest BCUT2D eigenvalue weighted by Gasteiger charge is 2.23. The molecule has 1 aliphatic heterocycles. The van der Waals surface area contributed by atoms with Crippen molar-refractivity contribution in [2.24, 2.45) is 4.99 Å². The molecule has 1 aromatic rings. The number of rotatable bonds is 0. The van der Waals surface area contributed by atoms with Gasteiger partial charge in [-0.1, -0.05) is 41.4 Å². The van der Waals surface area contributed by atoms with E-state index in [2.05, 4.69) is 11.1 Å². The van der Waals surface area contributed by atoms with Gasteiger partial charge in [-0.3, -0.25) is 4.99 Å². The lowest BCUT2D eigenvalue weighted by Gasteiger charge is -2.07. The van der Waals surface area contributed by atoms with E-state index in [-0.39, 0.29) is 0 Å². The molecule has 0 aromatic heterocycles. The summed E-state index contributed by atoms with van der Waals surface area (Å²) in [4.78, 5) is 4.52. The molecular formula is C12H7Cl2N. The number of nitrogens with zero attached hydrogens (tertiary/aromatic N) is 1. The lowest BCUT2D eigenvalue weighted by atomic mass is 9.97. The quantitative estimate of drug-likeness (QED) is 0.632. The second-order valence-electron chi connectivity index (χ2n) is 3.55. The van der Waals surface area contributed by atoms with Crippen LogP contribution in [0.5, 0.6) is 0 Å². The molecule has 0 radical (unpaired) electrons. The van der Waals surface area contributed by atoms with Crippen molar-refractivity contribution < 1.29 is 0 Å².